The first-order valence-corrected chi connectivity index (χ1v) is 8.78. The zero-order valence-electron chi connectivity index (χ0n) is 11.6. The minimum atomic E-state index is -0.327. The summed E-state index contributed by atoms with van der Waals surface area (Å²) in [6.45, 7) is 6.51. The standard InChI is InChI=1S/C13H20FN3S2/c1-4-9-11(19-7-6-18-9)13-16-8(3)10(14)12(17-13)15-5-2/h9,11H,4-7H2,1-3H3,(H,15,16,17). The van der Waals surface area contributed by atoms with Crippen LogP contribution in [0.25, 0.3) is 0 Å². The van der Waals surface area contributed by atoms with Crippen LogP contribution in [0.2, 0.25) is 0 Å². The second-order valence-electron chi connectivity index (χ2n) is 4.47. The van der Waals surface area contributed by atoms with E-state index in [4.69, 9.17) is 0 Å². The van der Waals surface area contributed by atoms with Crippen LogP contribution in [-0.2, 0) is 0 Å². The largest absolute Gasteiger partial charge is 0.368 e. The summed E-state index contributed by atoms with van der Waals surface area (Å²) in [7, 11) is 0. The molecule has 0 spiro atoms. The second-order valence-corrected chi connectivity index (χ2v) is 7.07. The number of rotatable bonds is 4. The van der Waals surface area contributed by atoms with Gasteiger partial charge in [-0.05, 0) is 20.3 Å². The van der Waals surface area contributed by atoms with Gasteiger partial charge in [0.25, 0.3) is 0 Å². The van der Waals surface area contributed by atoms with Gasteiger partial charge in [-0.15, -0.1) is 11.8 Å². The third-order valence-electron chi connectivity index (χ3n) is 3.09. The highest BCUT2D eigenvalue weighted by molar-refractivity contribution is 8.06. The SMILES string of the molecule is CCNc1nc(C2SCCSC2CC)nc(C)c1F. The van der Waals surface area contributed by atoms with E-state index in [1.54, 1.807) is 6.92 Å². The molecule has 1 saturated heterocycles. The lowest BCUT2D eigenvalue weighted by Crippen LogP contribution is -2.21. The normalized spacial score (nSPS) is 23.4. The smallest absolute Gasteiger partial charge is 0.186 e. The van der Waals surface area contributed by atoms with Gasteiger partial charge in [-0.3, -0.25) is 0 Å². The van der Waals surface area contributed by atoms with Crippen LogP contribution in [-0.4, -0.2) is 33.3 Å². The van der Waals surface area contributed by atoms with Crippen LogP contribution < -0.4 is 5.32 Å². The van der Waals surface area contributed by atoms with E-state index in [9.17, 15) is 4.39 Å². The first-order valence-electron chi connectivity index (χ1n) is 6.68. The van der Waals surface area contributed by atoms with Gasteiger partial charge in [0.2, 0.25) is 0 Å². The molecule has 1 aliphatic rings. The highest BCUT2D eigenvalue weighted by Gasteiger charge is 2.29. The van der Waals surface area contributed by atoms with Gasteiger partial charge in [0, 0.05) is 23.3 Å². The molecule has 1 fully saturated rings. The highest BCUT2D eigenvalue weighted by Crippen LogP contribution is 2.43. The third kappa shape index (κ3) is 3.34. The van der Waals surface area contributed by atoms with Crippen molar-refractivity contribution >= 4 is 29.3 Å². The molecule has 1 aromatic heterocycles. The molecule has 19 heavy (non-hydrogen) atoms. The molecule has 0 saturated carbocycles. The topological polar surface area (TPSA) is 37.8 Å². The van der Waals surface area contributed by atoms with Crippen LogP contribution in [0.1, 0.15) is 37.0 Å². The maximum atomic E-state index is 13.9. The second kappa shape index (κ2) is 6.79. The van der Waals surface area contributed by atoms with Crippen molar-refractivity contribution in [3.05, 3.63) is 17.3 Å². The van der Waals surface area contributed by atoms with Crippen LogP contribution in [0.4, 0.5) is 10.2 Å². The van der Waals surface area contributed by atoms with Gasteiger partial charge in [-0.2, -0.15) is 11.8 Å². The van der Waals surface area contributed by atoms with Gasteiger partial charge in [-0.25, -0.2) is 14.4 Å². The molecule has 2 unspecified atom stereocenters. The molecule has 2 atom stereocenters. The van der Waals surface area contributed by atoms with Crippen molar-refractivity contribution in [3.63, 3.8) is 0 Å². The Morgan fingerprint density at radius 2 is 2.00 bits per heavy atom. The van der Waals surface area contributed by atoms with E-state index in [0.717, 1.165) is 18.0 Å². The van der Waals surface area contributed by atoms with E-state index >= 15 is 0 Å². The number of anilines is 1. The lowest BCUT2D eigenvalue weighted by atomic mass is 10.2. The van der Waals surface area contributed by atoms with Gasteiger partial charge in [0.1, 0.15) is 5.82 Å². The minimum absolute atomic E-state index is 0.278. The summed E-state index contributed by atoms with van der Waals surface area (Å²) in [5.74, 6) is 3.09. The molecule has 106 valence electrons. The van der Waals surface area contributed by atoms with Crippen molar-refractivity contribution in [3.8, 4) is 0 Å². The van der Waals surface area contributed by atoms with E-state index in [1.807, 2.05) is 30.4 Å². The van der Waals surface area contributed by atoms with Gasteiger partial charge in [0.15, 0.2) is 11.6 Å². The Bertz CT molecular complexity index is 442. The summed E-state index contributed by atoms with van der Waals surface area (Å²) < 4.78 is 13.9. The number of nitrogens with one attached hydrogen (secondary N) is 1. The molecule has 1 aromatic rings. The number of hydrogen-bond donors (Lipinski definition) is 1. The number of aryl methyl sites for hydroxylation is 1. The number of halogens is 1. The Labute approximate surface area is 122 Å². The van der Waals surface area contributed by atoms with Crippen molar-refractivity contribution < 1.29 is 4.39 Å². The lowest BCUT2D eigenvalue weighted by Gasteiger charge is -2.29. The molecular weight excluding hydrogens is 281 g/mol. The van der Waals surface area contributed by atoms with E-state index in [0.29, 0.717) is 23.3 Å². The number of hydrogen-bond acceptors (Lipinski definition) is 5. The van der Waals surface area contributed by atoms with E-state index < -0.39 is 0 Å². The summed E-state index contributed by atoms with van der Waals surface area (Å²) in [6, 6.07) is 0. The molecule has 6 heteroatoms. The summed E-state index contributed by atoms with van der Waals surface area (Å²) in [4.78, 5) is 8.79. The average Bonchev–Trinajstić information content (AvgIpc) is 2.43. The van der Waals surface area contributed by atoms with Crippen molar-refractivity contribution in [1.29, 1.82) is 0 Å². The van der Waals surface area contributed by atoms with E-state index in [2.05, 4.69) is 22.2 Å². The highest BCUT2D eigenvalue weighted by atomic mass is 32.2. The van der Waals surface area contributed by atoms with Crippen LogP contribution in [0.3, 0.4) is 0 Å². The number of thioether (sulfide) groups is 2. The molecule has 0 radical (unpaired) electrons. The maximum Gasteiger partial charge on any atom is 0.186 e. The Kier molecular flexibility index (Phi) is 5.33. The quantitative estimate of drug-likeness (QED) is 0.919. The maximum absolute atomic E-state index is 13.9. The van der Waals surface area contributed by atoms with Crippen LogP contribution in [0.5, 0.6) is 0 Å². The van der Waals surface area contributed by atoms with Gasteiger partial charge in [-0.1, -0.05) is 6.92 Å². The molecule has 0 bridgehead atoms. The average molecular weight is 301 g/mol. The zero-order valence-corrected chi connectivity index (χ0v) is 13.2. The molecule has 1 N–H and O–H groups in total. The molecule has 2 heterocycles. The lowest BCUT2D eigenvalue weighted by molar-refractivity contribution is 0.597. The molecule has 1 aliphatic heterocycles. The summed E-state index contributed by atoms with van der Waals surface area (Å²) >= 11 is 3.87. The molecule has 0 aromatic carbocycles. The Hall–Kier alpha value is -0.490. The third-order valence-corrected chi connectivity index (χ3v) is 6.33. The van der Waals surface area contributed by atoms with Crippen molar-refractivity contribution in [2.45, 2.75) is 37.7 Å². The van der Waals surface area contributed by atoms with Crippen molar-refractivity contribution in [1.82, 2.24) is 9.97 Å². The predicted octanol–water partition coefficient (Wildman–Crippen LogP) is 3.66. The van der Waals surface area contributed by atoms with Crippen LogP contribution >= 0.6 is 23.5 Å². The van der Waals surface area contributed by atoms with Crippen molar-refractivity contribution in [2.75, 3.05) is 23.4 Å². The first kappa shape index (κ1) is 14.9. The number of nitrogens with zero attached hydrogens (tertiary/aromatic N) is 2. The van der Waals surface area contributed by atoms with E-state index in [1.165, 1.54) is 5.75 Å². The Morgan fingerprint density at radius 3 is 2.68 bits per heavy atom. The molecule has 2 rings (SSSR count). The van der Waals surface area contributed by atoms with Gasteiger partial charge >= 0.3 is 0 Å². The van der Waals surface area contributed by atoms with Crippen LogP contribution in [0.15, 0.2) is 0 Å². The molecule has 0 aliphatic carbocycles. The van der Waals surface area contributed by atoms with Gasteiger partial charge < -0.3 is 5.32 Å². The Morgan fingerprint density at radius 1 is 1.26 bits per heavy atom. The fourth-order valence-corrected chi connectivity index (χ4v) is 5.13. The molecule has 0 amide bonds. The van der Waals surface area contributed by atoms with Crippen LogP contribution in [0, 0.1) is 12.7 Å². The Balaban J connectivity index is 2.32. The minimum Gasteiger partial charge on any atom is -0.368 e. The molecule has 3 nitrogen and oxygen atoms in total. The summed E-state index contributed by atoms with van der Waals surface area (Å²) in [6.07, 6.45) is 1.10. The first-order chi connectivity index (χ1) is 9.17. The summed E-state index contributed by atoms with van der Waals surface area (Å²) in [5, 5.41) is 3.79. The van der Waals surface area contributed by atoms with Gasteiger partial charge in [0.05, 0.1) is 10.9 Å². The fourth-order valence-electron chi connectivity index (χ4n) is 2.13. The summed E-state index contributed by atoms with van der Waals surface area (Å²) in [5.41, 5.74) is 0.437. The van der Waals surface area contributed by atoms with Crippen molar-refractivity contribution in [2.24, 2.45) is 0 Å². The zero-order chi connectivity index (χ0) is 13.8. The monoisotopic (exact) mass is 301 g/mol. The predicted molar refractivity (Wildman–Crippen MR) is 82.6 cm³/mol. The molecular formula is C13H20FN3S2. The van der Waals surface area contributed by atoms with E-state index in [-0.39, 0.29) is 11.1 Å². The number of aromatic nitrogens is 2. The fraction of sp³-hybridized carbons (Fsp3) is 0.692.